The summed E-state index contributed by atoms with van der Waals surface area (Å²) in [6.07, 6.45) is 0.235. The number of piperidine rings is 1. The zero-order valence-electron chi connectivity index (χ0n) is 19.6. The molecule has 0 saturated carbocycles. The molecule has 0 radical (unpaired) electrons. The summed E-state index contributed by atoms with van der Waals surface area (Å²) in [6, 6.07) is 10.3. The quantitative estimate of drug-likeness (QED) is 0.640. The van der Waals surface area contributed by atoms with Crippen molar-refractivity contribution in [1.82, 2.24) is 15.5 Å². The summed E-state index contributed by atoms with van der Waals surface area (Å²) < 4.78 is 11.1. The molecule has 2 aromatic rings. The van der Waals surface area contributed by atoms with Crippen LogP contribution in [0.5, 0.6) is 5.75 Å². The van der Waals surface area contributed by atoms with E-state index in [-0.39, 0.29) is 24.3 Å². The molecule has 3 aliphatic heterocycles. The van der Waals surface area contributed by atoms with Crippen LogP contribution >= 0.6 is 0 Å². The molecular formula is C26H27N3O6. The summed E-state index contributed by atoms with van der Waals surface area (Å²) >= 11 is 0. The lowest BCUT2D eigenvalue weighted by Crippen LogP contribution is -2.52. The van der Waals surface area contributed by atoms with Gasteiger partial charge in [-0.05, 0) is 60.7 Å². The molecule has 2 N–H and O–H groups in total. The summed E-state index contributed by atoms with van der Waals surface area (Å²) in [4.78, 5) is 50.8. The molecule has 3 aliphatic rings. The maximum Gasteiger partial charge on any atom is 0.408 e. The average molecular weight is 478 g/mol. The van der Waals surface area contributed by atoms with Crippen LogP contribution in [0, 0.1) is 0 Å². The smallest absolute Gasteiger partial charge is 0.408 e. The van der Waals surface area contributed by atoms with Gasteiger partial charge in [-0.3, -0.25) is 19.7 Å². The normalized spacial score (nSPS) is 20.5. The number of nitrogens with one attached hydrogen (secondary N) is 2. The number of amides is 4. The summed E-state index contributed by atoms with van der Waals surface area (Å²) in [5, 5.41) is 5.16. The van der Waals surface area contributed by atoms with Crippen LogP contribution in [0.2, 0.25) is 0 Å². The van der Waals surface area contributed by atoms with Crippen molar-refractivity contribution in [2.45, 2.75) is 57.8 Å². The zero-order chi connectivity index (χ0) is 24.7. The largest absolute Gasteiger partial charge is 0.493 e. The van der Waals surface area contributed by atoms with Gasteiger partial charge < -0.3 is 19.7 Å². The Morgan fingerprint density at radius 3 is 2.69 bits per heavy atom. The van der Waals surface area contributed by atoms with E-state index in [4.69, 9.17) is 9.47 Å². The topological polar surface area (TPSA) is 114 Å². The van der Waals surface area contributed by atoms with Gasteiger partial charge in [0.1, 0.15) is 17.9 Å². The average Bonchev–Trinajstić information content (AvgIpc) is 3.42. The second-order valence-corrected chi connectivity index (χ2v) is 9.20. The minimum Gasteiger partial charge on any atom is -0.493 e. The van der Waals surface area contributed by atoms with Gasteiger partial charge in [-0.1, -0.05) is 18.2 Å². The second kappa shape index (κ2) is 9.05. The molecule has 3 heterocycles. The van der Waals surface area contributed by atoms with Crippen molar-refractivity contribution in [3.05, 3.63) is 64.2 Å². The van der Waals surface area contributed by atoms with Crippen LogP contribution < -0.4 is 15.4 Å². The first-order valence-electron chi connectivity index (χ1n) is 11.8. The molecule has 3 atom stereocenters. The van der Waals surface area contributed by atoms with Crippen LogP contribution in [0.25, 0.3) is 0 Å². The van der Waals surface area contributed by atoms with Crippen molar-refractivity contribution in [2.75, 3.05) is 6.61 Å². The summed E-state index contributed by atoms with van der Waals surface area (Å²) in [6.45, 7) is 4.62. The van der Waals surface area contributed by atoms with Crippen molar-refractivity contribution in [1.29, 1.82) is 0 Å². The highest BCUT2D eigenvalue weighted by molar-refractivity contribution is 6.05. The molecule has 0 spiro atoms. The molecular weight excluding hydrogens is 450 g/mol. The number of carbonyl (C=O) groups is 4. The molecule has 1 saturated heterocycles. The molecule has 0 bridgehead atoms. The van der Waals surface area contributed by atoms with Gasteiger partial charge in [-0.15, -0.1) is 0 Å². The van der Waals surface area contributed by atoms with E-state index in [1.54, 1.807) is 13.0 Å². The number of benzene rings is 2. The van der Waals surface area contributed by atoms with E-state index in [1.165, 1.54) is 4.90 Å². The summed E-state index contributed by atoms with van der Waals surface area (Å²) in [7, 11) is 0. The van der Waals surface area contributed by atoms with E-state index >= 15 is 0 Å². The number of carbonyl (C=O) groups excluding carboxylic acids is 4. The fraction of sp³-hybridized carbons (Fsp3) is 0.385. The van der Waals surface area contributed by atoms with Gasteiger partial charge in [-0.2, -0.15) is 0 Å². The van der Waals surface area contributed by atoms with Crippen molar-refractivity contribution in [3.8, 4) is 5.75 Å². The van der Waals surface area contributed by atoms with E-state index in [1.807, 2.05) is 37.3 Å². The molecule has 0 aromatic heterocycles. The van der Waals surface area contributed by atoms with Gasteiger partial charge in [0.15, 0.2) is 0 Å². The Bertz CT molecular complexity index is 1230. The molecule has 2 aromatic carbocycles. The number of alkyl carbamates (subject to hydrolysis) is 1. The summed E-state index contributed by atoms with van der Waals surface area (Å²) in [5.41, 5.74) is 4.06. The molecule has 1 fully saturated rings. The number of nitrogens with zero attached hydrogens (tertiary/aromatic N) is 1. The Labute approximate surface area is 202 Å². The lowest BCUT2D eigenvalue weighted by molar-refractivity contribution is -0.136. The SMILES string of the molecule is CC(NC(=O)OC(C)c1ccc2c(c1)C(=O)N(C1CCC(=O)NC1=O)C2)c1ccc2c(c1)CCO2. The third-order valence-electron chi connectivity index (χ3n) is 6.85. The van der Waals surface area contributed by atoms with Gasteiger partial charge in [0.05, 0.1) is 12.6 Å². The van der Waals surface area contributed by atoms with Crippen LogP contribution in [-0.2, 0) is 27.3 Å². The number of hydrogen-bond acceptors (Lipinski definition) is 6. The monoisotopic (exact) mass is 477 g/mol. The first-order valence-corrected chi connectivity index (χ1v) is 11.8. The van der Waals surface area contributed by atoms with Crippen LogP contribution in [-0.4, -0.2) is 41.4 Å². The number of fused-ring (bicyclic) bond motifs is 2. The van der Waals surface area contributed by atoms with E-state index in [0.717, 1.165) is 28.9 Å². The predicted molar refractivity (Wildman–Crippen MR) is 125 cm³/mol. The first-order chi connectivity index (χ1) is 16.8. The maximum absolute atomic E-state index is 13.0. The number of imide groups is 1. The van der Waals surface area contributed by atoms with Crippen molar-refractivity contribution >= 4 is 23.8 Å². The Morgan fingerprint density at radius 2 is 1.89 bits per heavy atom. The highest BCUT2D eigenvalue weighted by atomic mass is 16.6. The van der Waals surface area contributed by atoms with Gasteiger partial charge in [-0.25, -0.2) is 4.79 Å². The lowest BCUT2D eigenvalue weighted by Gasteiger charge is -2.29. The molecule has 0 aliphatic carbocycles. The third kappa shape index (κ3) is 4.45. The van der Waals surface area contributed by atoms with Crippen LogP contribution in [0.4, 0.5) is 4.79 Å². The number of hydrogen-bond donors (Lipinski definition) is 2. The van der Waals surface area contributed by atoms with Crippen molar-refractivity contribution < 1.29 is 28.7 Å². The Kier molecular flexibility index (Phi) is 5.92. The third-order valence-corrected chi connectivity index (χ3v) is 6.85. The molecule has 9 heteroatoms. The van der Waals surface area contributed by atoms with Crippen molar-refractivity contribution in [2.24, 2.45) is 0 Å². The highest BCUT2D eigenvalue weighted by Crippen LogP contribution is 2.31. The second-order valence-electron chi connectivity index (χ2n) is 9.20. The number of rotatable bonds is 5. The number of ether oxygens (including phenoxy) is 2. The maximum atomic E-state index is 13.0. The zero-order valence-corrected chi connectivity index (χ0v) is 19.6. The highest BCUT2D eigenvalue weighted by Gasteiger charge is 2.39. The Hall–Kier alpha value is -3.88. The van der Waals surface area contributed by atoms with Crippen LogP contribution in [0.15, 0.2) is 36.4 Å². The Balaban J connectivity index is 1.22. The molecule has 3 unspecified atom stereocenters. The van der Waals surface area contributed by atoms with Crippen molar-refractivity contribution in [3.63, 3.8) is 0 Å². The van der Waals surface area contributed by atoms with Crippen LogP contribution in [0.3, 0.4) is 0 Å². The predicted octanol–water partition coefficient (Wildman–Crippen LogP) is 2.93. The molecule has 9 nitrogen and oxygen atoms in total. The minimum atomic E-state index is -0.664. The van der Waals surface area contributed by atoms with Crippen LogP contribution in [0.1, 0.15) is 71.4 Å². The van der Waals surface area contributed by atoms with Gasteiger partial charge in [0, 0.05) is 24.9 Å². The van der Waals surface area contributed by atoms with E-state index in [9.17, 15) is 19.2 Å². The molecule has 35 heavy (non-hydrogen) atoms. The fourth-order valence-corrected chi connectivity index (χ4v) is 4.82. The Morgan fingerprint density at radius 1 is 1.09 bits per heavy atom. The minimum absolute atomic E-state index is 0.208. The first kappa shape index (κ1) is 22.9. The standard InChI is InChI=1S/C26H27N3O6/c1-14(16-5-7-22-18(11-16)9-10-34-22)27-26(33)35-15(2)17-3-4-19-13-29(25(32)20(19)12-17)21-6-8-23(30)28-24(21)31/h3-5,7,11-12,14-15,21H,6,8-10,13H2,1-2H3,(H,27,33)(H,28,30,31). The van der Waals surface area contributed by atoms with Gasteiger partial charge >= 0.3 is 6.09 Å². The molecule has 182 valence electrons. The van der Waals surface area contributed by atoms with E-state index in [0.29, 0.717) is 30.7 Å². The van der Waals surface area contributed by atoms with E-state index < -0.39 is 24.1 Å². The lowest BCUT2D eigenvalue weighted by atomic mass is 10.0. The fourth-order valence-electron chi connectivity index (χ4n) is 4.82. The summed E-state index contributed by atoms with van der Waals surface area (Å²) in [5.74, 6) is -0.135. The van der Waals surface area contributed by atoms with E-state index in [2.05, 4.69) is 10.6 Å². The molecule has 5 rings (SSSR count). The van der Waals surface area contributed by atoms with Gasteiger partial charge in [0.2, 0.25) is 11.8 Å². The molecule has 4 amide bonds. The van der Waals surface area contributed by atoms with Gasteiger partial charge in [0.25, 0.3) is 5.91 Å².